The molecule has 1 saturated heterocycles. The van der Waals surface area contributed by atoms with Crippen LogP contribution in [0.25, 0.3) is 0 Å². The van der Waals surface area contributed by atoms with Gasteiger partial charge in [-0.05, 0) is 110 Å². The highest BCUT2D eigenvalue weighted by molar-refractivity contribution is 5.99. The maximum Gasteiger partial charge on any atom is 0.245 e. The molecule has 0 radical (unpaired) electrons. The van der Waals surface area contributed by atoms with Crippen molar-refractivity contribution in [3.63, 3.8) is 0 Å². The van der Waals surface area contributed by atoms with Gasteiger partial charge in [-0.3, -0.25) is 52.7 Å². The van der Waals surface area contributed by atoms with E-state index in [1.54, 1.807) is 30.3 Å². The molecule has 1 aliphatic rings. The first-order valence-electron chi connectivity index (χ1n) is 28.7. The normalized spacial score (nSPS) is 23.3. The molecule has 0 aliphatic carbocycles. The average molecular weight is 1190 g/mol. The van der Waals surface area contributed by atoms with E-state index in [0.29, 0.717) is 17.9 Å². The van der Waals surface area contributed by atoms with E-state index >= 15 is 0 Å². The number of aliphatic hydroxyl groups is 3. The lowest BCUT2D eigenvalue weighted by Crippen LogP contribution is -2.62. The molecule has 1 aromatic carbocycles. The minimum absolute atomic E-state index is 0.0257. The van der Waals surface area contributed by atoms with E-state index in [0.717, 1.165) is 19.3 Å². The van der Waals surface area contributed by atoms with Gasteiger partial charge >= 0.3 is 0 Å². The number of benzene rings is 1. The summed E-state index contributed by atoms with van der Waals surface area (Å²) >= 11 is 0. The Balaban J connectivity index is 2.66. The summed E-state index contributed by atoms with van der Waals surface area (Å²) in [5, 5.41) is 59.6. The molecule has 30 heteroatoms. The van der Waals surface area contributed by atoms with E-state index in [1.807, 2.05) is 0 Å². The molecule has 0 aromatic heterocycles. The van der Waals surface area contributed by atoms with Crippen molar-refractivity contribution < 1.29 is 68.1 Å². The fourth-order valence-corrected chi connectivity index (χ4v) is 8.79. The van der Waals surface area contributed by atoms with E-state index < -0.39 is 157 Å². The monoisotopic (exact) mass is 1190 g/mol. The second-order valence-corrected chi connectivity index (χ2v) is 21.1. The molecular weight excluding hydrogens is 1100 g/mol. The number of amides is 11. The molecule has 0 spiro atoms. The Kier molecular flexibility index (Phi) is 33.8. The molecule has 1 aliphatic heterocycles. The number of rotatable bonds is 28. The topological polar surface area (TPSA) is 511 Å². The predicted molar refractivity (Wildman–Crippen MR) is 308 cm³/mol. The van der Waals surface area contributed by atoms with Crippen LogP contribution in [0.5, 0.6) is 0 Å². The maximum atomic E-state index is 14.5. The summed E-state index contributed by atoms with van der Waals surface area (Å²) in [6.07, 6.45) is -3.08. The number of nitrogens with one attached hydrogen (secondary N) is 11. The molecule has 1 fully saturated rings. The molecule has 30 nitrogen and oxygen atoms in total. The van der Waals surface area contributed by atoms with Crippen LogP contribution in [-0.4, -0.2) is 198 Å². The second kappa shape index (κ2) is 38.8. The van der Waals surface area contributed by atoms with Gasteiger partial charge in [0.15, 0.2) is 0 Å². The lowest BCUT2D eigenvalue weighted by Gasteiger charge is -2.29. The van der Waals surface area contributed by atoms with Gasteiger partial charge in [0, 0.05) is 19.4 Å². The minimum atomic E-state index is -1.77. The molecule has 11 amide bonds. The van der Waals surface area contributed by atoms with E-state index in [-0.39, 0.29) is 77.7 Å². The summed E-state index contributed by atoms with van der Waals surface area (Å²) in [6.45, 7) is 6.39. The van der Waals surface area contributed by atoms with Crippen LogP contribution in [0.4, 0.5) is 0 Å². The molecule has 2 unspecified atom stereocenters. The van der Waals surface area contributed by atoms with Crippen LogP contribution in [-0.2, 0) is 59.2 Å². The molecule has 474 valence electrons. The van der Waals surface area contributed by atoms with Gasteiger partial charge in [-0.15, -0.1) is 0 Å². The van der Waals surface area contributed by atoms with Crippen LogP contribution in [0.15, 0.2) is 30.3 Å². The fourth-order valence-electron chi connectivity index (χ4n) is 8.79. The quantitative estimate of drug-likeness (QED) is 0.0347. The Hall–Kier alpha value is -6.93. The average Bonchev–Trinajstić information content (AvgIpc) is 3.67. The number of carbonyl (C=O) groups is 11. The Morgan fingerprint density at radius 3 is 1.52 bits per heavy atom. The van der Waals surface area contributed by atoms with Gasteiger partial charge in [0.2, 0.25) is 65.0 Å². The Morgan fingerprint density at radius 1 is 0.548 bits per heavy atom. The van der Waals surface area contributed by atoms with Gasteiger partial charge < -0.3 is 102 Å². The third-order valence-corrected chi connectivity index (χ3v) is 14.0. The first kappa shape index (κ1) is 73.2. The number of unbranched alkanes of at least 4 members (excludes halogenated alkanes) is 1. The maximum absolute atomic E-state index is 14.5. The highest BCUT2D eigenvalue weighted by Crippen LogP contribution is 2.13. The lowest BCUT2D eigenvalue weighted by molar-refractivity contribution is -0.137. The zero-order valence-electron chi connectivity index (χ0n) is 48.9. The molecule has 2 rings (SSSR count). The van der Waals surface area contributed by atoms with Crippen LogP contribution in [0.2, 0.25) is 0 Å². The Morgan fingerprint density at radius 2 is 1.02 bits per heavy atom. The van der Waals surface area contributed by atoms with Crippen molar-refractivity contribution in [1.82, 2.24) is 58.5 Å². The van der Waals surface area contributed by atoms with Crippen molar-refractivity contribution in [3.8, 4) is 0 Å². The van der Waals surface area contributed by atoms with Crippen molar-refractivity contribution in [1.29, 1.82) is 0 Å². The van der Waals surface area contributed by atoms with Crippen LogP contribution >= 0.6 is 0 Å². The third-order valence-electron chi connectivity index (χ3n) is 14.0. The number of aliphatic hydroxyl groups excluding tert-OH is 3. The Bertz CT molecular complexity index is 2300. The molecule has 0 saturated carbocycles. The number of hydrogen-bond acceptors (Lipinski definition) is 19. The first-order valence-corrected chi connectivity index (χ1v) is 28.7. The predicted octanol–water partition coefficient (Wildman–Crippen LogP) is -6.91. The molecule has 0 bridgehead atoms. The van der Waals surface area contributed by atoms with Crippen LogP contribution < -0.4 is 87.2 Å². The van der Waals surface area contributed by atoms with Crippen molar-refractivity contribution in [3.05, 3.63) is 35.9 Å². The van der Waals surface area contributed by atoms with E-state index in [2.05, 4.69) is 72.3 Å². The van der Waals surface area contributed by atoms with Gasteiger partial charge in [-0.25, -0.2) is 0 Å². The molecule has 14 atom stereocenters. The van der Waals surface area contributed by atoms with Gasteiger partial charge in [0.25, 0.3) is 0 Å². The van der Waals surface area contributed by atoms with Crippen LogP contribution in [0.1, 0.15) is 111 Å². The summed E-state index contributed by atoms with van der Waals surface area (Å²) in [5.74, 6) is -9.99. The van der Waals surface area contributed by atoms with Crippen LogP contribution in [0, 0.1) is 5.92 Å². The first-order chi connectivity index (χ1) is 39.8. The van der Waals surface area contributed by atoms with Crippen molar-refractivity contribution in [2.24, 2.45) is 34.6 Å². The number of hydrogen-bond donors (Lipinski definition) is 19. The van der Waals surface area contributed by atoms with Crippen LogP contribution in [0.3, 0.4) is 0 Å². The Labute approximate surface area is 490 Å². The van der Waals surface area contributed by atoms with E-state index in [1.165, 1.54) is 20.8 Å². The smallest absolute Gasteiger partial charge is 0.245 e. The van der Waals surface area contributed by atoms with Gasteiger partial charge in [-0.2, -0.15) is 0 Å². The molecule has 1 heterocycles. The lowest BCUT2D eigenvalue weighted by atomic mass is 10.0. The van der Waals surface area contributed by atoms with Crippen molar-refractivity contribution in [2.75, 3.05) is 39.3 Å². The van der Waals surface area contributed by atoms with Gasteiger partial charge in [0.05, 0.1) is 18.3 Å². The second-order valence-electron chi connectivity index (χ2n) is 21.1. The fraction of sp³-hybridized carbons (Fsp3) is 0.685. The molecule has 84 heavy (non-hydrogen) atoms. The number of carbonyl (C=O) groups excluding carboxylic acids is 11. The molecular formula is C54H94N16O14. The third kappa shape index (κ3) is 25.5. The van der Waals surface area contributed by atoms with Crippen molar-refractivity contribution in [2.45, 2.75) is 190 Å². The zero-order valence-corrected chi connectivity index (χ0v) is 48.9. The highest BCUT2D eigenvalue weighted by Gasteiger charge is 2.38. The van der Waals surface area contributed by atoms with Gasteiger partial charge in [-0.1, -0.05) is 63.4 Å². The van der Waals surface area contributed by atoms with E-state index in [4.69, 9.17) is 28.7 Å². The summed E-state index contributed by atoms with van der Waals surface area (Å²) in [7, 11) is 0. The summed E-state index contributed by atoms with van der Waals surface area (Å²) in [4.78, 5) is 153. The minimum Gasteiger partial charge on any atom is -0.391 e. The highest BCUT2D eigenvalue weighted by atomic mass is 16.3. The zero-order chi connectivity index (χ0) is 63.1. The number of nitrogens with two attached hydrogens (primary N) is 5. The summed E-state index contributed by atoms with van der Waals surface area (Å²) < 4.78 is 0. The van der Waals surface area contributed by atoms with Gasteiger partial charge in [0.1, 0.15) is 60.4 Å². The van der Waals surface area contributed by atoms with E-state index in [9.17, 15) is 68.1 Å². The summed E-state index contributed by atoms with van der Waals surface area (Å²) in [5.41, 5.74) is 29.7. The molecule has 24 N–H and O–H groups in total. The summed E-state index contributed by atoms with van der Waals surface area (Å²) in [6, 6.07) is -7.36. The standard InChI is InChI=1S/C54H94N16O14/c1-6-29(2)12-10-11-15-41(74)61-34(16-22-55)49(79)69-43(31(4)72)53(83)66-37(19-25-58)46(76)64-39-21-27-60-52(82)42(30(3)71)68-50(80)38(20-26-59)63-45(75)36(18-24-57)65-54(84)44(32(5)73)70-51(81)40(28-33-13-8-7-9-14-33)67-47(77)35(17-23-56)62-48(39)78/h7-9,13-14,29-32,34-40,42-44,71-73H,6,10-12,15-28,55-59H2,1-5H3,(H,60,82)(H,61,74)(H,62,78)(H,63,75)(H,64,76)(H,65,84)(H,66,83)(H,67,77)(H,68,80)(H,69,79)(H,70,81)/t29-,30+,31+,32+,34-,35-,36-,37?,38-,39-,40?,42-,43-,44-/m0/s1. The molecule has 1 aromatic rings. The largest absolute Gasteiger partial charge is 0.391 e. The van der Waals surface area contributed by atoms with Crippen molar-refractivity contribution >= 4 is 65.0 Å². The SMILES string of the molecule is CC[C@H](C)CCCCC(=O)N[C@@H](CCN)C(=O)N[C@H](C(=O)NC(CCN)C(=O)N[C@H]1CCNC(=O)[C@H]([C@@H](C)O)NC(=O)[C@H](CCN)NC(=O)[C@H](CCN)NC(=O)[C@H]([C@@H](C)O)NC(=O)C(Cc2ccccc2)NC(=O)[C@H](CCN)NC1=O)[C@@H](C)O.